The predicted octanol–water partition coefficient (Wildman–Crippen LogP) is 3.88. The van der Waals surface area contributed by atoms with Crippen LogP contribution in [0.15, 0.2) is 11.6 Å². The molecule has 4 rings (SSSR count). The summed E-state index contributed by atoms with van der Waals surface area (Å²) in [6.45, 7) is 6.88. The van der Waals surface area contributed by atoms with E-state index in [1.807, 2.05) is 0 Å². The topological polar surface area (TPSA) is 70.3 Å². The summed E-state index contributed by atoms with van der Waals surface area (Å²) in [4.78, 5) is 13.0. The number of fused-ring (bicyclic) bond motifs is 2. The summed E-state index contributed by atoms with van der Waals surface area (Å²) in [7, 11) is 1.68. The van der Waals surface area contributed by atoms with E-state index in [9.17, 15) is 15.2 Å². The summed E-state index contributed by atoms with van der Waals surface area (Å²) < 4.78 is 5.65. The monoisotopic (exact) mass is 343 g/mol. The Bertz CT molecular complexity index is 692. The van der Waals surface area contributed by atoms with Crippen molar-refractivity contribution in [3.8, 4) is 6.07 Å². The highest BCUT2D eigenvalue weighted by Gasteiger charge is 2.84. The van der Waals surface area contributed by atoms with Crippen molar-refractivity contribution < 1.29 is 14.6 Å². The maximum atomic E-state index is 13.0. The fourth-order valence-electron chi connectivity index (χ4n) is 7.80. The molecule has 0 aliphatic heterocycles. The van der Waals surface area contributed by atoms with E-state index >= 15 is 0 Å². The van der Waals surface area contributed by atoms with Gasteiger partial charge in [0.15, 0.2) is 0 Å². The van der Waals surface area contributed by atoms with Crippen molar-refractivity contribution in [2.45, 2.75) is 46.5 Å². The maximum Gasteiger partial charge on any atom is 0.316 e. The molecule has 1 N–H and O–H groups in total. The Hall–Kier alpha value is -1.34. The Labute approximate surface area is 150 Å². The molecule has 0 radical (unpaired) electrons. The fraction of sp³-hybridized carbons (Fsp3) is 0.810. The van der Waals surface area contributed by atoms with E-state index in [0.717, 1.165) is 24.8 Å². The first-order chi connectivity index (χ1) is 11.8. The third-order valence-electron chi connectivity index (χ3n) is 8.44. The molecule has 0 amide bonds. The number of nitriles is 1. The lowest BCUT2D eigenvalue weighted by Gasteiger charge is -2.57. The number of carboxylic acids is 1. The summed E-state index contributed by atoms with van der Waals surface area (Å²) in [5.41, 5.74) is -1.31. The molecule has 0 aromatic carbocycles. The van der Waals surface area contributed by atoms with Crippen molar-refractivity contribution in [2.75, 3.05) is 13.7 Å². The van der Waals surface area contributed by atoms with Crippen LogP contribution in [0.5, 0.6) is 0 Å². The number of methoxy groups -OCH3 is 1. The Morgan fingerprint density at radius 2 is 2.16 bits per heavy atom. The van der Waals surface area contributed by atoms with E-state index in [4.69, 9.17) is 4.74 Å². The van der Waals surface area contributed by atoms with Crippen LogP contribution in [0.25, 0.3) is 0 Å². The van der Waals surface area contributed by atoms with Gasteiger partial charge in [0.1, 0.15) is 5.41 Å². The second-order valence-electron chi connectivity index (χ2n) is 9.34. The summed E-state index contributed by atoms with van der Waals surface area (Å²) >= 11 is 0. The number of hydrogen-bond acceptors (Lipinski definition) is 3. The van der Waals surface area contributed by atoms with Gasteiger partial charge in [-0.1, -0.05) is 38.8 Å². The average Bonchev–Trinajstić information content (AvgIpc) is 3.12. The normalized spacial score (nSPS) is 49.8. The van der Waals surface area contributed by atoms with Gasteiger partial charge in [-0.3, -0.25) is 4.79 Å². The third-order valence-corrected chi connectivity index (χ3v) is 8.44. The van der Waals surface area contributed by atoms with E-state index < -0.39 is 22.2 Å². The zero-order valence-electron chi connectivity index (χ0n) is 15.7. The molecule has 25 heavy (non-hydrogen) atoms. The molecule has 7 atom stereocenters. The van der Waals surface area contributed by atoms with Crippen LogP contribution in [0.4, 0.5) is 0 Å². The van der Waals surface area contributed by atoms with Gasteiger partial charge in [-0.15, -0.1) is 0 Å². The van der Waals surface area contributed by atoms with Crippen LogP contribution in [-0.4, -0.2) is 24.8 Å². The molecule has 4 nitrogen and oxygen atoms in total. The predicted molar refractivity (Wildman–Crippen MR) is 93.4 cm³/mol. The van der Waals surface area contributed by atoms with Gasteiger partial charge in [-0.25, -0.2) is 0 Å². The first-order valence-electron chi connectivity index (χ1n) is 9.68. The van der Waals surface area contributed by atoms with Crippen molar-refractivity contribution in [1.82, 2.24) is 0 Å². The van der Waals surface area contributed by atoms with Crippen molar-refractivity contribution >= 4 is 5.97 Å². The smallest absolute Gasteiger partial charge is 0.316 e. The molecule has 3 saturated carbocycles. The van der Waals surface area contributed by atoms with Crippen molar-refractivity contribution in [3.05, 3.63) is 11.6 Å². The molecule has 0 aromatic rings. The zero-order chi connectivity index (χ0) is 18.2. The lowest BCUT2D eigenvalue weighted by atomic mass is 9.43. The summed E-state index contributed by atoms with van der Waals surface area (Å²) in [6.07, 6.45) is 5.92. The van der Waals surface area contributed by atoms with E-state index in [2.05, 4.69) is 32.9 Å². The third kappa shape index (κ3) is 1.56. The minimum Gasteiger partial charge on any atom is -0.481 e. The molecule has 0 saturated heterocycles. The van der Waals surface area contributed by atoms with Gasteiger partial charge >= 0.3 is 5.97 Å². The molecule has 4 bridgehead atoms. The SMILES string of the molecule is COC[C@@]12C[C@@H]3[C@H](C)CC[C@H]3[C@@]3(C#N)C[C@@H]1C=C(C(C)C)[C@@]23C(=O)O. The van der Waals surface area contributed by atoms with E-state index in [0.29, 0.717) is 24.9 Å². The van der Waals surface area contributed by atoms with Gasteiger partial charge in [0, 0.05) is 12.5 Å². The van der Waals surface area contributed by atoms with Crippen molar-refractivity contribution in [3.63, 3.8) is 0 Å². The maximum absolute atomic E-state index is 13.0. The van der Waals surface area contributed by atoms with E-state index in [-0.39, 0.29) is 17.8 Å². The van der Waals surface area contributed by atoms with Gasteiger partial charge in [0.2, 0.25) is 0 Å². The van der Waals surface area contributed by atoms with Crippen LogP contribution in [0.3, 0.4) is 0 Å². The van der Waals surface area contributed by atoms with Crippen LogP contribution >= 0.6 is 0 Å². The van der Waals surface area contributed by atoms with Crippen LogP contribution in [0, 0.1) is 57.2 Å². The first-order valence-corrected chi connectivity index (χ1v) is 9.68. The largest absolute Gasteiger partial charge is 0.481 e. The van der Waals surface area contributed by atoms with Gasteiger partial charge in [-0.2, -0.15) is 5.26 Å². The molecule has 0 heterocycles. The average molecular weight is 343 g/mol. The fourth-order valence-corrected chi connectivity index (χ4v) is 7.80. The molecule has 0 unspecified atom stereocenters. The Morgan fingerprint density at radius 3 is 2.72 bits per heavy atom. The molecular weight excluding hydrogens is 314 g/mol. The second-order valence-corrected chi connectivity index (χ2v) is 9.34. The minimum atomic E-state index is -1.07. The van der Waals surface area contributed by atoms with Gasteiger partial charge in [0.05, 0.1) is 18.1 Å². The lowest BCUT2D eigenvalue weighted by Crippen LogP contribution is -2.62. The summed E-state index contributed by atoms with van der Waals surface area (Å²) in [5.74, 6) is 0.733. The number of carbonyl (C=O) groups is 1. The first kappa shape index (κ1) is 17.1. The number of allylic oxidation sites excluding steroid dienone is 1. The number of nitrogens with zero attached hydrogens (tertiary/aromatic N) is 1. The number of ether oxygens (including phenoxy) is 1. The highest BCUT2D eigenvalue weighted by Crippen LogP contribution is 2.83. The Morgan fingerprint density at radius 1 is 1.44 bits per heavy atom. The van der Waals surface area contributed by atoms with Crippen molar-refractivity contribution in [2.24, 2.45) is 45.8 Å². The van der Waals surface area contributed by atoms with Crippen LogP contribution < -0.4 is 0 Å². The Balaban J connectivity index is 2.02. The van der Waals surface area contributed by atoms with Gasteiger partial charge in [0.25, 0.3) is 0 Å². The molecule has 3 fully saturated rings. The minimum absolute atomic E-state index is 0.140. The van der Waals surface area contributed by atoms with Crippen LogP contribution in [0.2, 0.25) is 0 Å². The van der Waals surface area contributed by atoms with Crippen LogP contribution in [0.1, 0.15) is 46.5 Å². The summed E-state index contributed by atoms with van der Waals surface area (Å²) in [5, 5.41) is 21.1. The molecular formula is C21H29NO3. The van der Waals surface area contributed by atoms with E-state index in [1.54, 1.807) is 7.11 Å². The molecule has 4 heteroatoms. The van der Waals surface area contributed by atoms with Crippen LogP contribution in [-0.2, 0) is 9.53 Å². The zero-order valence-corrected chi connectivity index (χ0v) is 15.7. The molecule has 136 valence electrons. The lowest BCUT2D eigenvalue weighted by molar-refractivity contribution is -0.177. The molecule has 0 aromatic heterocycles. The quantitative estimate of drug-likeness (QED) is 0.786. The molecule has 4 aliphatic carbocycles. The highest BCUT2D eigenvalue weighted by molar-refractivity contribution is 5.85. The number of aliphatic carboxylic acids is 1. The number of rotatable bonds is 4. The number of hydrogen-bond donors (Lipinski definition) is 1. The molecule has 4 aliphatic rings. The second kappa shape index (κ2) is 5.10. The van der Waals surface area contributed by atoms with Gasteiger partial charge < -0.3 is 9.84 Å². The van der Waals surface area contributed by atoms with E-state index in [1.165, 1.54) is 0 Å². The van der Waals surface area contributed by atoms with Gasteiger partial charge in [-0.05, 0) is 48.9 Å². The standard InChI is InChI=1S/C21H29NO3/c1-12(2)17-7-14-8-19(10-22)16-6-5-13(3)15(16)9-20(14,11-25-4)21(17,19)18(23)24/h7,12-16H,5-6,8-9,11H2,1-4H3,(H,23,24)/t13-,14+,15-,16-,19+,20+,21+/m1/s1. The molecule has 0 spiro atoms. The van der Waals surface area contributed by atoms with Crippen molar-refractivity contribution in [1.29, 1.82) is 5.26 Å². The highest BCUT2D eigenvalue weighted by atomic mass is 16.5. The summed E-state index contributed by atoms with van der Waals surface area (Å²) in [6, 6.07) is 2.65. The number of carboxylic acid groups (broad SMARTS) is 1. The Kier molecular flexibility index (Phi) is 3.49.